The summed E-state index contributed by atoms with van der Waals surface area (Å²) in [7, 11) is 0. The van der Waals surface area contributed by atoms with Crippen LogP contribution in [0, 0.1) is 0 Å². The first-order valence-electron chi connectivity index (χ1n) is 6.14. The molecule has 0 saturated heterocycles. The number of carbonyl (C=O) groups excluding carboxylic acids is 1. The Balaban J connectivity index is 2.09. The highest BCUT2D eigenvalue weighted by Gasteiger charge is 2.09. The predicted octanol–water partition coefficient (Wildman–Crippen LogP) is 4.68. The van der Waals surface area contributed by atoms with E-state index >= 15 is 0 Å². The molecule has 0 heterocycles. The number of hydrogen-bond donors (Lipinski definition) is 0. The van der Waals surface area contributed by atoms with Gasteiger partial charge >= 0.3 is 5.97 Å². The minimum atomic E-state index is -0.363. The van der Waals surface area contributed by atoms with E-state index < -0.39 is 0 Å². The monoisotopic (exact) mass is 274 g/mol. The Bertz CT molecular complexity index is 556. The fourth-order valence-corrected chi connectivity index (χ4v) is 1.80. The van der Waals surface area contributed by atoms with Crippen molar-refractivity contribution < 1.29 is 9.53 Å². The van der Waals surface area contributed by atoms with Gasteiger partial charge in [-0.2, -0.15) is 0 Å². The smallest absolute Gasteiger partial charge is 0.343 e. The van der Waals surface area contributed by atoms with E-state index in [4.69, 9.17) is 16.3 Å². The van der Waals surface area contributed by atoms with Gasteiger partial charge in [-0.25, -0.2) is 4.79 Å². The second-order valence-electron chi connectivity index (χ2n) is 4.62. The molecule has 19 heavy (non-hydrogen) atoms. The molecule has 98 valence electrons. The van der Waals surface area contributed by atoms with Crippen LogP contribution in [0.15, 0.2) is 48.5 Å². The molecule has 2 rings (SSSR count). The summed E-state index contributed by atoms with van der Waals surface area (Å²) in [6.45, 7) is 4.22. The van der Waals surface area contributed by atoms with Crippen molar-refractivity contribution in [3.63, 3.8) is 0 Å². The molecular weight excluding hydrogens is 260 g/mol. The maximum Gasteiger partial charge on any atom is 0.343 e. The summed E-state index contributed by atoms with van der Waals surface area (Å²) in [6, 6.07) is 14.2. The van der Waals surface area contributed by atoms with E-state index in [0.717, 1.165) is 0 Å². The van der Waals surface area contributed by atoms with Crippen molar-refractivity contribution in [1.29, 1.82) is 0 Å². The Kier molecular flexibility index (Phi) is 4.23. The van der Waals surface area contributed by atoms with Gasteiger partial charge in [0, 0.05) is 5.02 Å². The van der Waals surface area contributed by atoms with Crippen LogP contribution in [-0.2, 0) is 0 Å². The summed E-state index contributed by atoms with van der Waals surface area (Å²) >= 11 is 5.77. The molecule has 0 aliphatic carbocycles. The predicted molar refractivity (Wildman–Crippen MR) is 76.9 cm³/mol. The van der Waals surface area contributed by atoms with Crippen LogP contribution < -0.4 is 4.74 Å². The van der Waals surface area contributed by atoms with E-state index in [0.29, 0.717) is 22.3 Å². The van der Waals surface area contributed by atoms with Gasteiger partial charge in [0.15, 0.2) is 0 Å². The van der Waals surface area contributed by atoms with Crippen LogP contribution >= 0.6 is 11.6 Å². The van der Waals surface area contributed by atoms with Gasteiger partial charge in [-0.05, 0) is 47.9 Å². The van der Waals surface area contributed by atoms with Crippen LogP contribution in [0.1, 0.15) is 35.7 Å². The van der Waals surface area contributed by atoms with Crippen molar-refractivity contribution in [2.75, 3.05) is 0 Å². The van der Waals surface area contributed by atoms with Gasteiger partial charge in [-0.1, -0.05) is 37.6 Å². The van der Waals surface area contributed by atoms with Gasteiger partial charge in [0.05, 0.1) is 5.56 Å². The molecule has 0 aliphatic heterocycles. The van der Waals surface area contributed by atoms with Crippen molar-refractivity contribution >= 4 is 17.6 Å². The fraction of sp³-hybridized carbons (Fsp3) is 0.188. The Morgan fingerprint density at radius 1 is 1.00 bits per heavy atom. The van der Waals surface area contributed by atoms with E-state index in [1.165, 1.54) is 5.56 Å². The Labute approximate surface area is 118 Å². The van der Waals surface area contributed by atoms with Crippen LogP contribution in [0.3, 0.4) is 0 Å². The summed E-state index contributed by atoms with van der Waals surface area (Å²) in [5, 5.41) is 0.612. The molecule has 0 amide bonds. The second kappa shape index (κ2) is 5.89. The largest absolute Gasteiger partial charge is 0.423 e. The van der Waals surface area contributed by atoms with Crippen molar-refractivity contribution in [3.8, 4) is 5.75 Å². The molecule has 2 nitrogen and oxygen atoms in total. The fourth-order valence-electron chi connectivity index (χ4n) is 1.67. The molecule has 0 saturated carbocycles. The molecule has 0 aromatic heterocycles. The lowest BCUT2D eigenvalue weighted by Gasteiger charge is -2.07. The van der Waals surface area contributed by atoms with Crippen molar-refractivity contribution in [3.05, 3.63) is 64.7 Å². The molecule has 2 aromatic rings. The third kappa shape index (κ3) is 3.58. The molecule has 0 spiro atoms. The van der Waals surface area contributed by atoms with Crippen LogP contribution in [0.2, 0.25) is 5.02 Å². The molecule has 2 aromatic carbocycles. The highest BCUT2D eigenvalue weighted by Crippen LogP contribution is 2.18. The zero-order chi connectivity index (χ0) is 13.8. The summed E-state index contributed by atoms with van der Waals surface area (Å²) in [4.78, 5) is 11.9. The quantitative estimate of drug-likeness (QED) is 0.600. The van der Waals surface area contributed by atoms with E-state index in [2.05, 4.69) is 13.8 Å². The standard InChI is InChI=1S/C16H15ClO2/c1-11(2)12-3-5-13(6-4-12)16(18)19-15-9-7-14(17)8-10-15/h3-11H,1-2H3. The maximum atomic E-state index is 11.9. The number of esters is 1. The highest BCUT2D eigenvalue weighted by molar-refractivity contribution is 6.30. The molecule has 0 N–H and O–H groups in total. The first-order valence-corrected chi connectivity index (χ1v) is 6.52. The van der Waals surface area contributed by atoms with Crippen LogP contribution in [-0.4, -0.2) is 5.97 Å². The summed E-state index contributed by atoms with van der Waals surface area (Å²) in [5.74, 6) is 0.571. The van der Waals surface area contributed by atoms with Crippen LogP contribution in [0.4, 0.5) is 0 Å². The minimum absolute atomic E-state index is 0.363. The number of ether oxygens (including phenoxy) is 1. The van der Waals surface area contributed by atoms with E-state index in [1.54, 1.807) is 36.4 Å². The van der Waals surface area contributed by atoms with Crippen molar-refractivity contribution in [2.24, 2.45) is 0 Å². The van der Waals surface area contributed by atoms with Gasteiger partial charge in [-0.15, -0.1) is 0 Å². The number of benzene rings is 2. The summed E-state index contributed by atoms with van der Waals surface area (Å²) in [5.41, 5.74) is 1.74. The second-order valence-corrected chi connectivity index (χ2v) is 5.06. The average Bonchev–Trinajstić information content (AvgIpc) is 2.41. The average molecular weight is 275 g/mol. The summed E-state index contributed by atoms with van der Waals surface area (Å²) in [6.07, 6.45) is 0. The maximum absolute atomic E-state index is 11.9. The van der Waals surface area contributed by atoms with Crippen LogP contribution in [0.25, 0.3) is 0 Å². The molecule has 0 fully saturated rings. The van der Waals surface area contributed by atoms with Crippen molar-refractivity contribution in [2.45, 2.75) is 19.8 Å². The molecule has 0 unspecified atom stereocenters. The van der Waals surface area contributed by atoms with Gasteiger partial charge in [0.2, 0.25) is 0 Å². The first-order chi connectivity index (χ1) is 9.06. The Morgan fingerprint density at radius 3 is 2.11 bits per heavy atom. The topological polar surface area (TPSA) is 26.3 Å². The van der Waals surface area contributed by atoms with Crippen LogP contribution in [0.5, 0.6) is 5.75 Å². The number of rotatable bonds is 3. The minimum Gasteiger partial charge on any atom is -0.423 e. The normalized spacial score (nSPS) is 10.5. The first kappa shape index (κ1) is 13.6. The molecular formula is C16H15ClO2. The Morgan fingerprint density at radius 2 is 1.58 bits per heavy atom. The lowest BCUT2D eigenvalue weighted by Crippen LogP contribution is -2.08. The Hall–Kier alpha value is -1.80. The molecule has 3 heteroatoms. The lowest BCUT2D eigenvalue weighted by molar-refractivity contribution is 0.0735. The molecule has 0 radical (unpaired) electrons. The zero-order valence-corrected chi connectivity index (χ0v) is 11.6. The lowest BCUT2D eigenvalue weighted by atomic mass is 10.0. The van der Waals surface area contributed by atoms with E-state index in [9.17, 15) is 4.79 Å². The van der Waals surface area contributed by atoms with E-state index in [-0.39, 0.29) is 5.97 Å². The third-order valence-electron chi connectivity index (χ3n) is 2.84. The summed E-state index contributed by atoms with van der Waals surface area (Å²) < 4.78 is 5.26. The van der Waals surface area contributed by atoms with Gasteiger partial charge in [0.25, 0.3) is 0 Å². The number of hydrogen-bond acceptors (Lipinski definition) is 2. The molecule has 0 aliphatic rings. The number of halogens is 1. The van der Waals surface area contributed by atoms with Gasteiger partial charge in [-0.3, -0.25) is 0 Å². The number of carbonyl (C=O) groups is 1. The highest BCUT2D eigenvalue weighted by atomic mass is 35.5. The third-order valence-corrected chi connectivity index (χ3v) is 3.09. The van der Waals surface area contributed by atoms with E-state index in [1.807, 2.05) is 12.1 Å². The van der Waals surface area contributed by atoms with Gasteiger partial charge in [0.1, 0.15) is 5.75 Å². The molecule has 0 bridgehead atoms. The SMILES string of the molecule is CC(C)c1ccc(C(=O)Oc2ccc(Cl)cc2)cc1. The van der Waals surface area contributed by atoms with Gasteiger partial charge < -0.3 is 4.74 Å². The molecule has 0 atom stereocenters. The zero-order valence-electron chi connectivity index (χ0n) is 10.9. The van der Waals surface area contributed by atoms with Crippen molar-refractivity contribution in [1.82, 2.24) is 0 Å².